The number of aryl methyl sites for hydroxylation is 1. The summed E-state index contributed by atoms with van der Waals surface area (Å²) < 4.78 is 0. The molecule has 0 fully saturated rings. The molecule has 4 aromatic rings. The number of benzene rings is 4. The van der Waals surface area contributed by atoms with Gasteiger partial charge in [-0.2, -0.15) is 0 Å². The van der Waals surface area contributed by atoms with Crippen molar-refractivity contribution in [1.82, 2.24) is 0 Å². The molecule has 0 radical (unpaired) electrons. The molecule has 34 heavy (non-hydrogen) atoms. The minimum Gasteiger partial charge on any atom is -0.0619 e. The minimum atomic E-state index is -0.347. The molecule has 1 aliphatic carbocycles. The molecule has 0 aromatic heterocycles. The van der Waals surface area contributed by atoms with Gasteiger partial charge in [0.05, 0.1) is 5.41 Å². The average Bonchev–Trinajstić information content (AvgIpc) is 3.08. The van der Waals surface area contributed by atoms with Gasteiger partial charge < -0.3 is 0 Å². The van der Waals surface area contributed by atoms with E-state index in [4.69, 9.17) is 0 Å². The maximum Gasteiger partial charge on any atom is 0.0713 e. The second-order valence-corrected chi connectivity index (χ2v) is 12.0. The third kappa shape index (κ3) is 3.43. The smallest absolute Gasteiger partial charge is 0.0619 e. The molecule has 0 N–H and O–H groups in total. The van der Waals surface area contributed by atoms with Gasteiger partial charge in [-0.25, -0.2) is 0 Å². The van der Waals surface area contributed by atoms with Gasteiger partial charge in [-0.3, -0.25) is 0 Å². The average molecular weight is 445 g/mol. The fourth-order valence-electron chi connectivity index (χ4n) is 5.62. The molecule has 172 valence electrons. The zero-order chi connectivity index (χ0) is 24.3. The zero-order valence-electron chi connectivity index (χ0n) is 21.7. The van der Waals surface area contributed by atoms with Gasteiger partial charge in [0, 0.05) is 0 Å². The van der Waals surface area contributed by atoms with Crippen molar-refractivity contribution in [2.24, 2.45) is 0 Å². The van der Waals surface area contributed by atoms with Crippen molar-refractivity contribution in [2.45, 2.75) is 64.7 Å². The summed E-state index contributed by atoms with van der Waals surface area (Å²) in [5.74, 6) is 0. The van der Waals surface area contributed by atoms with Crippen LogP contribution in [-0.4, -0.2) is 0 Å². The summed E-state index contributed by atoms with van der Waals surface area (Å²) in [7, 11) is 0. The van der Waals surface area contributed by atoms with E-state index >= 15 is 0 Å². The molecular formula is C34H36. The molecule has 0 amide bonds. The van der Waals surface area contributed by atoms with Gasteiger partial charge in [0.15, 0.2) is 0 Å². The Balaban J connectivity index is 1.95. The van der Waals surface area contributed by atoms with E-state index in [1.807, 2.05) is 0 Å². The Bertz CT molecular complexity index is 1310. The first-order chi connectivity index (χ1) is 16.0. The fraction of sp³-hybridized carbons (Fsp3) is 0.294. The minimum absolute atomic E-state index is 0.0814. The first kappa shape index (κ1) is 22.7. The van der Waals surface area contributed by atoms with Gasteiger partial charge in [-0.1, -0.05) is 138 Å². The van der Waals surface area contributed by atoms with Gasteiger partial charge >= 0.3 is 0 Å². The van der Waals surface area contributed by atoms with Gasteiger partial charge in [-0.05, 0) is 62.3 Å². The van der Waals surface area contributed by atoms with Gasteiger partial charge in [0.1, 0.15) is 0 Å². The topological polar surface area (TPSA) is 0 Å². The molecular weight excluding hydrogens is 408 g/mol. The summed E-state index contributed by atoms with van der Waals surface area (Å²) in [4.78, 5) is 0. The summed E-state index contributed by atoms with van der Waals surface area (Å²) in [5, 5.41) is 0. The molecule has 4 aromatic carbocycles. The van der Waals surface area contributed by atoms with Crippen LogP contribution in [-0.2, 0) is 16.2 Å². The summed E-state index contributed by atoms with van der Waals surface area (Å²) in [6.07, 6.45) is 0. The normalized spacial score (nSPS) is 14.6. The van der Waals surface area contributed by atoms with Crippen molar-refractivity contribution in [3.8, 4) is 11.1 Å². The first-order valence-electron chi connectivity index (χ1n) is 12.5. The Morgan fingerprint density at radius 1 is 0.500 bits per heavy atom. The predicted octanol–water partition coefficient (Wildman–Crippen LogP) is 8.95. The second-order valence-electron chi connectivity index (χ2n) is 12.0. The van der Waals surface area contributed by atoms with Crippen molar-refractivity contribution in [3.63, 3.8) is 0 Å². The Morgan fingerprint density at radius 2 is 1.03 bits per heavy atom. The van der Waals surface area contributed by atoms with Crippen LogP contribution >= 0.6 is 0 Å². The van der Waals surface area contributed by atoms with Crippen LogP contribution in [0, 0.1) is 6.92 Å². The molecule has 0 heteroatoms. The second kappa shape index (κ2) is 7.70. The number of hydrogen-bond donors (Lipinski definition) is 0. The summed E-state index contributed by atoms with van der Waals surface area (Å²) in [6.45, 7) is 16.0. The molecule has 0 nitrogen and oxygen atoms in total. The molecule has 5 rings (SSSR count). The Morgan fingerprint density at radius 3 is 1.59 bits per heavy atom. The number of hydrogen-bond acceptors (Lipinski definition) is 0. The van der Waals surface area contributed by atoms with Crippen LogP contribution in [0.25, 0.3) is 11.1 Å². The lowest BCUT2D eigenvalue weighted by atomic mass is 9.66. The standard InChI is InChI=1S/C34H36/c1-23-18-19-29-28-16-8-9-17-30(28)34(31(29)20-23,26-14-10-12-24(21-26)32(2,3)4)27-15-11-13-25(22-27)33(5,6)7/h8-22H,1-7H3. The highest BCUT2D eigenvalue weighted by molar-refractivity contribution is 5.86. The Hall–Kier alpha value is -3.12. The van der Waals surface area contributed by atoms with E-state index in [-0.39, 0.29) is 16.2 Å². The third-order valence-corrected chi connectivity index (χ3v) is 7.52. The lowest BCUT2D eigenvalue weighted by Crippen LogP contribution is -2.30. The van der Waals surface area contributed by atoms with E-state index < -0.39 is 0 Å². The molecule has 0 atom stereocenters. The largest absolute Gasteiger partial charge is 0.0713 e. The van der Waals surface area contributed by atoms with Crippen molar-refractivity contribution >= 4 is 0 Å². The van der Waals surface area contributed by atoms with E-state index in [2.05, 4.69) is 139 Å². The van der Waals surface area contributed by atoms with Crippen LogP contribution in [0.1, 0.15) is 80.5 Å². The number of rotatable bonds is 2. The molecule has 0 aliphatic heterocycles. The van der Waals surface area contributed by atoms with E-state index in [0.29, 0.717) is 0 Å². The van der Waals surface area contributed by atoms with Crippen LogP contribution < -0.4 is 0 Å². The van der Waals surface area contributed by atoms with Crippen molar-refractivity contribution in [3.05, 3.63) is 130 Å². The van der Waals surface area contributed by atoms with Gasteiger partial charge in [0.2, 0.25) is 0 Å². The quantitative estimate of drug-likeness (QED) is 0.255. The van der Waals surface area contributed by atoms with Crippen molar-refractivity contribution in [2.75, 3.05) is 0 Å². The van der Waals surface area contributed by atoms with E-state index in [0.717, 1.165) is 0 Å². The maximum absolute atomic E-state index is 2.46. The van der Waals surface area contributed by atoms with Crippen LogP contribution in [0.15, 0.2) is 91.0 Å². The van der Waals surface area contributed by atoms with Gasteiger partial charge in [0.25, 0.3) is 0 Å². The monoisotopic (exact) mass is 444 g/mol. The van der Waals surface area contributed by atoms with Crippen molar-refractivity contribution < 1.29 is 0 Å². The molecule has 0 spiro atoms. The molecule has 0 saturated carbocycles. The van der Waals surface area contributed by atoms with E-state index in [9.17, 15) is 0 Å². The van der Waals surface area contributed by atoms with Crippen molar-refractivity contribution in [1.29, 1.82) is 0 Å². The maximum atomic E-state index is 2.46. The van der Waals surface area contributed by atoms with Crippen LogP contribution in [0.5, 0.6) is 0 Å². The predicted molar refractivity (Wildman–Crippen MR) is 146 cm³/mol. The highest BCUT2D eigenvalue weighted by atomic mass is 14.5. The molecule has 1 aliphatic rings. The summed E-state index contributed by atoms with van der Waals surface area (Å²) in [5.41, 5.74) is 12.0. The van der Waals surface area contributed by atoms with E-state index in [1.54, 1.807) is 0 Å². The first-order valence-corrected chi connectivity index (χ1v) is 12.5. The van der Waals surface area contributed by atoms with Crippen LogP contribution in [0.3, 0.4) is 0 Å². The fourth-order valence-corrected chi connectivity index (χ4v) is 5.62. The SMILES string of the molecule is Cc1ccc2c(c1)C(c1cccc(C(C)(C)C)c1)(c1cccc(C(C)(C)C)c1)c1ccccc1-2. The molecule has 0 unspecified atom stereocenters. The molecule has 0 heterocycles. The highest BCUT2D eigenvalue weighted by Gasteiger charge is 2.46. The summed E-state index contributed by atoms with van der Waals surface area (Å²) >= 11 is 0. The lowest BCUT2D eigenvalue weighted by Gasteiger charge is -2.36. The van der Waals surface area contributed by atoms with Gasteiger partial charge in [-0.15, -0.1) is 0 Å². The summed E-state index contributed by atoms with van der Waals surface area (Å²) in [6, 6.07) is 34.7. The van der Waals surface area contributed by atoms with Crippen LogP contribution in [0.2, 0.25) is 0 Å². The Labute approximate surface area is 205 Å². The number of fused-ring (bicyclic) bond motifs is 3. The molecule has 0 saturated heterocycles. The highest BCUT2D eigenvalue weighted by Crippen LogP contribution is 2.56. The zero-order valence-corrected chi connectivity index (χ0v) is 21.7. The molecule has 0 bridgehead atoms. The van der Waals surface area contributed by atoms with Crippen LogP contribution in [0.4, 0.5) is 0 Å². The lowest BCUT2D eigenvalue weighted by molar-refractivity contribution is 0.585. The third-order valence-electron chi connectivity index (χ3n) is 7.52. The van der Waals surface area contributed by atoms with E-state index in [1.165, 1.54) is 50.1 Å². The Kier molecular flexibility index (Phi) is 5.13.